The zero-order chi connectivity index (χ0) is 17.9. The number of hydrogen-bond donors (Lipinski definition) is 0. The summed E-state index contributed by atoms with van der Waals surface area (Å²) >= 11 is 0. The first-order valence-electron chi connectivity index (χ1n) is 9.89. The minimum absolute atomic E-state index is 0.00190. The Balaban J connectivity index is 1.35. The SMILES string of the molecule is Cc1ccn(-c2ccc(OC3CCN(C4CCCC4)CC3)cc2)c(=O)c1. The quantitative estimate of drug-likeness (QED) is 0.836. The number of rotatable bonds is 4. The first-order valence-corrected chi connectivity index (χ1v) is 9.89. The van der Waals surface area contributed by atoms with Crippen LogP contribution in [0.25, 0.3) is 5.69 Å². The summed E-state index contributed by atoms with van der Waals surface area (Å²) in [6.07, 6.45) is 9.91. The van der Waals surface area contributed by atoms with Gasteiger partial charge in [0.15, 0.2) is 0 Å². The number of aromatic nitrogens is 1. The summed E-state index contributed by atoms with van der Waals surface area (Å²) in [7, 11) is 0. The van der Waals surface area contributed by atoms with E-state index in [9.17, 15) is 4.79 Å². The minimum Gasteiger partial charge on any atom is -0.490 e. The zero-order valence-corrected chi connectivity index (χ0v) is 15.6. The van der Waals surface area contributed by atoms with Gasteiger partial charge in [-0.2, -0.15) is 0 Å². The molecule has 0 amide bonds. The highest BCUT2D eigenvalue weighted by molar-refractivity contribution is 5.38. The van der Waals surface area contributed by atoms with Gasteiger partial charge in [-0.15, -0.1) is 0 Å². The van der Waals surface area contributed by atoms with Crippen LogP contribution in [0, 0.1) is 6.92 Å². The van der Waals surface area contributed by atoms with Crippen molar-refractivity contribution in [1.82, 2.24) is 9.47 Å². The highest BCUT2D eigenvalue weighted by Crippen LogP contribution is 2.27. The minimum atomic E-state index is -0.00190. The Labute approximate surface area is 155 Å². The van der Waals surface area contributed by atoms with Crippen molar-refractivity contribution in [1.29, 1.82) is 0 Å². The van der Waals surface area contributed by atoms with Crippen molar-refractivity contribution < 1.29 is 4.74 Å². The summed E-state index contributed by atoms with van der Waals surface area (Å²) < 4.78 is 7.86. The fourth-order valence-corrected chi connectivity index (χ4v) is 4.30. The van der Waals surface area contributed by atoms with Crippen molar-refractivity contribution in [3.63, 3.8) is 0 Å². The Hall–Kier alpha value is -2.07. The van der Waals surface area contributed by atoms with Crippen molar-refractivity contribution in [2.45, 2.75) is 57.6 Å². The molecule has 0 radical (unpaired) electrons. The van der Waals surface area contributed by atoms with Crippen molar-refractivity contribution in [2.75, 3.05) is 13.1 Å². The molecule has 4 rings (SSSR count). The van der Waals surface area contributed by atoms with E-state index < -0.39 is 0 Å². The molecule has 1 saturated carbocycles. The molecule has 1 aromatic carbocycles. The third kappa shape index (κ3) is 3.85. The van der Waals surface area contributed by atoms with Gasteiger partial charge in [0.1, 0.15) is 11.9 Å². The topological polar surface area (TPSA) is 34.5 Å². The number of likely N-dealkylation sites (tertiary alicyclic amines) is 1. The predicted molar refractivity (Wildman–Crippen MR) is 104 cm³/mol. The molecular weight excluding hydrogens is 324 g/mol. The number of aryl methyl sites for hydroxylation is 1. The number of benzene rings is 1. The molecule has 2 aliphatic rings. The second-order valence-electron chi connectivity index (χ2n) is 7.70. The molecule has 1 aliphatic carbocycles. The molecule has 0 spiro atoms. The standard InChI is InChI=1S/C22H28N2O2/c1-17-10-15-24(22(25)16-17)19-6-8-20(9-7-19)26-21-11-13-23(14-12-21)18-4-2-3-5-18/h6-10,15-16,18,21H,2-5,11-14H2,1H3. The van der Waals surface area contributed by atoms with E-state index in [1.807, 2.05) is 43.5 Å². The lowest BCUT2D eigenvalue weighted by Crippen LogP contribution is -2.43. The van der Waals surface area contributed by atoms with E-state index in [1.165, 1.54) is 25.7 Å². The van der Waals surface area contributed by atoms with Crippen molar-refractivity contribution in [3.8, 4) is 11.4 Å². The van der Waals surface area contributed by atoms with Gasteiger partial charge in [0, 0.05) is 37.1 Å². The van der Waals surface area contributed by atoms with Gasteiger partial charge in [-0.3, -0.25) is 9.36 Å². The van der Waals surface area contributed by atoms with Crippen LogP contribution in [0.3, 0.4) is 0 Å². The monoisotopic (exact) mass is 352 g/mol. The first-order chi connectivity index (χ1) is 12.7. The van der Waals surface area contributed by atoms with Crippen LogP contribution in [0.2, 0.25) is 0 Å². The Morgan fingerprint density at radius 1 is 0.962 bits per heavy atom. The fourth-order valence-electron chi connectivity index (χ4n) is 4.30. The molecule has 2 aromatic rings. The lowest BCUT2D eigenvalue weighted by atomic mass is 10.0. The zero-order valence-electron chi connectivity index (χ0n) is 15.6. The van der Waals surface area contributed by atoms with Gasteiger partial charge in [0.2, 0.25) is 0 Å². The largest absolute Gasteiger partial charge is 0.490 e. The molecule has 1 aromatic heterocycles. The smallest absolute Gasteiger partial charge is 0.255 e. The fraction of sp³-hybridized carbons (Fsp3) is 0.500. The maximum Gasteiger partial charge on any atom is 0.255 e. The molecule has 4 heteroatoms. The third-order valence-electron chi connectivity index (χ3n) is 5.81. The molecule has 0 N–H and O–H groups in total. The van der Waals surface area contributed by atoms with E-state index in [-0.39, 0.29) is 5.56 Å². The van der Waals surface area contributed by atoms with Gasteiger partial charge >= 0.3 is 0 Å². The maximum absolute atomic E-state index is 12.1. The highest BCUT2D eigenvalue weighted by Gasteiger charge is 2.27. The first kappa shape index (κ1) is 17.3. The Kier molecular flexibility index (Phi) is 5.11. The number of piperidine rings is 1. The Morgan fingerprint density at radius 2 is 1.65 bits per heavy atom. The number of nitrogens with zero attached hydrogens (tertiary/aromatic N) is 2. The number of pyridine rings is 1. The Bertz CT molecular complexity index is 783. The average molecular weight is 352 g/mol. The maximum atomic E-state index is 12.1. The van der Waals surface area contributed by atoms with Crippen LogP contribution in [0.15, 0.2) is 47.4 Å². The van der Waals surface area contributed by atoms with Crippen LogP contribution in [-0.4, -0.2) is 34.7 Å². The third-order valence-corrected chi connectivity index (χ3v) is 5.81. The molecular formula is C22H28N2O2. The van der Waals surface area contributed by atoms with Crippen LogP contribution in [0.4, 0.5) is 0 Å². The molecule has 26 heavy (non-hydrogen) atoms. The van der Waals surface area contributed by atoms with Crippen LogP contribution in [0.5, 0.6) is 5.75 Å². The second kappa shape index (κ2) is 7.67. The molecule has 1 aliphatic heterocycles. The van der Waals surface area contributed by atoms with Crippen LogP contribution in [0.1, 0.15) is 44.1 Å². The van der Waals surface area contributed by atoms with Crippen molar-refractivity contribution >= 4 is 0 Å². The molecule has 0 bridgehead atoms. The lowest BCUT2D eigenvalue weighted by molar-refractivity contribution is 0.0768. The van der Waals surface area contributed by atoms with E-state index in [0.29, 0.717) is 6.10 Å². The molecule has 2 heterocycles. The second-order valence-corrected chi connectivity index (χ2v) is 7.70. The summed E-state index contributed by atoms with van der Waals surface area (Å²) in [6, 6.07) is 12.3. The van der Waals surface area contributed by atoms with E-state index in [2.05, 4.69) is 4.90 Å². The van der Waals surface area contributed by atoms with E-state index in [0.717, 1.165) is 49.0 Å². The predicted octanol–water partition coefficient (Wildman–Crippen LogP) is 3.93. The Morgan fingerprint density at radius 3 is 2.31 bits per heavy atom. The van der Waals surface area contributed by atoms with Crippen LogP contribution >= 0.6 is 0 Å². The van der Waals surface area contributed by atoms with Gasteiger partial charge in [0.05, 0.1) is 0 Å². The normalized spacial score (nSPS) is 19.7. The average Bonchev–Trinajstić information content (AvgIpc) is 3.18. The summed E-state index contributed by atoms with van der Waals surface area (Å²) in [4.78, 5) is 14.8. The molecule has 0 unspecified atom stereocenters. The highest BCUT2D eigenvalue weighted by atomic mass is 16.5. The van der Waals surface area contributed by atoms with Gasteiger partial charge in [-0.1, -0.05) is 12.8 Å². The number of hydrogen-bond acceptors (Lipinski definition) is 3. The van der Waals surface area contributed by atoms with Gasteiger partial charge in [-0.05, 0) is 68.5 Å². The van der Waals surface area contributed by atoms with Gasteiger partial charge in [-0.25, -0.2) is 0 Å². The van der Waals surface area contributed by atoms with Crippen LogP contribution < -0.4 is 10.3 Å². The van der Waals surface area contributed by atoms with Gasteiger partial charge < -0.3 is 9.64 Å². The lowest BCUT2D eigenvalue weighted by Gasteiger charge is -2.36. The molecule has 4 nitrogen and oxygen atoms in total. The van der Waals surface area contributed by atoms with Gasteiger partial charge in [0.25, 0.3) is 5.56 Å². The van der Waals surface area contributed by atoms with Crippen LogP contribution in [-0.2, 0) is 0 Å². The van der Waals surface area contributed by atoms with E-state index >= 15 is 0 Å². The summed E-state index contributed by atoms with van der Waals surface area (Å²) in [5.74, 6) is 0.897. The summed E-state index contributed by atoms with van der Waals surface area (Å²) in [6.45, 7) is 4.25. The van der Waals surface area contributed by atoms with E-state index in [4.69, 9.17) is 4.74 Å². The molecule has 138 valence electrons. The number of ether oxygens (including phenoxy) is 1. The summed E-state index contributed by atoms with van der Waals surface area (Å²) in [5.41, 5.74) is 1.85. The van der Waals surface area contributed by atoms with Crippen molar-refractivity contribution in [3.05, 3.63) is 58.5 Å². The molecule has 1 saturated heterocycles. The van der Waals surface area contributed by atoms with E-state index in [1.54, 1.807) is 10.6 Å². The molecule has 2 fully saturated rings. The van der Waals surface area contributed by atoms with Crippen molar-refractivity contribution in [2.24, 2.45) is 0 Å². The summed E-state index contributed by atoms with van der Waals surface area (Å²) in [5, 5.41) is 0. The molecule has 0 atom stereocenters.